The van der Waals surface area contributed by atoms with Gasteiger partial charge < -0.3 is 14.8 Å². The highest BCUT2D eigenvalue weighted by molar-refractivity contribution is 5.91. The molecule has 0 saturated carbocycles. The first kappa shape index (κ1) is 13.3. The van der Waals surface area contributed by atoms with Gasteiger partial charge in [0, 0.05) is 24.7 Å². The quantitative estimate of drug-likeness (QED) is 0.746. The summed E-state index contributed by atoms with van der Waals surface area (Å²) in [5.74, 6) is -1.11. The van der Waals surface area contributed by atoms with Gasteiger partial charge in [-0.05, 0) is 29.8 Å². The average molecular weight is 283 g/mol. The second-order valence-electron chi connectivity index (χ2n) is 4.59. The van der Waals surface area contributed by atoms with Crippen molar-refractivity contribution in [2.24, 2.45) is 0 Å². The monoisotopic (exact) mass is 283 g/mol. The number of fused-ring (bicyclic) bond motifs is 1. The maximum absolute atomic E-state index is 10.9. The number of carboxylic acid groups (broad SMARTS) is 1. The first-order valence-electron chi connectivity index (χ1n) is 6.44. The molecule has 21 heavy (non-hydrogen) atoms. The van der Waals surface area contributed by atoms with Crippen molar-refractivity contribution in [1.29, 1.82) is 0 Å². The SMILES string of the molecule is O=C(O)c1cc2cc(CNCc3ccncn3)ccc2o1. The molecule has 2 N–H and O–H groups in total. The molecule has 6 nitrogen and oxygen atoms in total. The van der Waals surface area contributed by atoms with Gasteiger partial charge in [0.2, 0.25) is 5.76 Å². The lowest BCUT2D eigenvalue weighted by atomic mass is 10.1. The van der Waals surface area contributed by atoms with Crippen LogP contribution >= 0.6 is 0 Å². The van der Waals surface area contributed by atoms with E-state index >= 15 is 0 Å². The number of benzene rings is 1. The summed E-state index contributed by atoms with van der Waals surface area (Å²) >= 11 is 0. The average Bonchev–Trinajstić information content (AvgIpc) is 2.92. The Hall–Kier alpha value is -2.73. The molecule has 6 heteroatoms. The van der Waals surface area contributed by atoms with Crippen LogP contribution in [0.5, 0.6) is 0 Å². The molecule has 2 heterocycles. The van der Waals surface area contributed by atoms with Gasteiger partial charge in [0.15, 0.2) is 0 Å². The first-order valence-corrected chi connectivity index (χ1v) is 6.44. The summed E-state index contributed by atoms with van der Waals surface area (Å²) < 4.78 is 5.22. The molecule has 0 spiro atoms. The third-order valence-electron chi connectivity index (χ3n) is 3.07. The summed E-state index contributed by atoms with van der Waals surface area (Å²) in [5, 5.41) is 13.0. The molecule has 0 aliphatic rings. The molecule has 0 aliphatic heterocycles. The van der Waals surface area contributed by atoms with Gasteiger partial charge >= 0.3 is 5.97 Å². The van der Waals surface area contributed by atoms with Crippen LogP contribution in [0.2, 0.25) is 0 Å². The fourth-order valence-corrected chi connectivity index (χ4v) is 2.07. The maximum atomic E-state index is 10.9. The van der Waals surface area contributed by atoms with Crippen molar-refractivity contribution in [2.75, 3.05) is 0 Å². The molecule has 1 aromatic carbocycles. The number of rotatable bonds is 5. The summed E-state index contributed by atoms with van der Waals surface area (Å²) in [6, 6.07) is 8.99. The smallest absolute Gasteiger partial charge is 0.371 e. The second-order valence-corrected chi connectivity index (χ2v) is 4.59. The van der Waals surface area contributed by atoms with E-state index in [1.165, 1.54) is 12.4 Å². The molecule has 0 unspecified atom stereocenters. The zero-order valence-corrected chi connectivity index (χ0v) is 11.1. The van der Waals surface area contributed by atoms with Crippen LogP contribution in [0.3, 0.4) is 0 Å². The van der Waals surface area contributed by atoms with Crippen molar-refractivity contribution >= 4 is 16.9 Å². The predicted molar refractivity (Wildman–Crippen MR) is 75.7 cm³/mol. The fraction of sp³-hybridized carbons (Fsp3) is 0.133. The Morgan fingerprint density at radius 2 is 2.14 bits per heavy atom. The van der Waals surface area contributed by atoms with Crippen molar-refractivity contribution in [2.45, 2.75) is 13.1 Å². The van der Waals surface area contributed by atoms with E-state index < -0.39 is 5.97 Å². The number of hydrogen-bond acceptors (Lipinski definition) is 5. The van der Waals surface area contributed by atoms with Crippen LogP contribution in [-0.4, -0.2) is 21.0 Å². The standard InChI is InChI=1S/C15H13N3O3/c19-15(20)14-6-11-5-10(1-2-13(11)21-14)7-17-8-12-3-4-16-9-18-12/h1-6,9,17H,7-8H2,(H,19,20). The van der Waals surface area contributed by atoms with Crippen LogP contribution < -0.4 is 5.32 Å². The summed E-state index contributed by atoms with van der Waals surface area (Å²) in [7, 11) is 0. The Bertz CT molecular complexity index is 768. The second kappa shape index (κ2) is 5.72. The fourth-order valence-electron chi connectivity index (χ4n) is 2.07. The Morgan fingerprint density at radius 1 is 1.24 bits per heavy atom. The van der Waals surface area contributed by atoms with Crippen LogP contribution in [-0.2, 0) is 13.1 Å². The van der Waals surface area contributed by atoms with Gasteiger partial charge in [-0.15, -0.1) is 0 Å². The number of nitrogens with one attached hydrogen (secondary N) is 1. The summed E-state index contributed by atoms with van der Waals surface area (Å²) in [5.41, 5.74) is 2.55. The minimum absolute atomic E-state index is 0.0453. The largest absolute Gasteiger partial charge is 0.475 e. The lowest BCUT2D eigenvalue weighted by molar-refractivity contribution is 0.0665. The van der Waals surface area contributed by atoms with Gasteiger partial charge in [-0.3, -0.25) is 0 Å². The van der Waals surface area contributed by atoms with Gasteiger partial charge in [-0.25, -0.2) is 14.8 Å². The Labute approximate surface area is 120 Å². The Kier molecular flexibility index (Phi) is 3.61. The Morgan fingerprint density at radius 3 is 2.90 bits per heavy atom. The lowest BCUT2D eigenvalue weighted by Gasteiger charge is -2.04. The molecule has 0 bridgehead atoms. The van der Waals surface area contributed by atoms with Crippen LogP contribution in [0.4, 0.5) is 0 Å². The number of furan rings is 1. The van der Waals surface area contributed by atoms with E-state index in [0.717, 1.165) is 16.6 Å². The third-order valence-corrected chi connectivity index (χ3v) is 3.07. The van der Waals surface area contributed by atoms with Crippen LogP contribution in [0.15, 0.2) is 47.3 Å². The maximum Gasteiger partial charge on any atom is 0.371 e. The topological polar surface area (TPSA) is 88.2 Å². The van der Waals surface area contributed by atoms with Gasteiger partial charge in [0.25, 0.3) is 0 Å². The minimum Gasteiger partial charge on any atom is -0.475 e. The van der Waals surface area contributed by atoms with Gasteiger partial charge in [-0.2, -0.15) is 0 Å². The number of aromatic nitrogens is 2. The van der Waals surface area contributed by atoms with E-state index in [1.54, 1.807) is 12.3 Å². The first-order chi connectivity index (χ1) is 10.2. The Balaban J connectivity index is 1.68. The molecule has 0 saturated heterocycles. The van der Waals surface area contributed by atoms with E-state index in [2.05, 4.69) is 15.3 Å². The number of aromatic carboxylic acids is 1. The number of nitrogens with zero attached hydrogens (tertiary/aromatic N) is 2. The molecule has 0 fully saturated rings. The number of carbonyl (C=O) groups is 1. The highest BCUT2D eigenvalue weighted by atomic mass is 16.4. The van der Waals surface area contributed by atoms with E-state index in [-0.39, 0.29) is 5.76 Å². The number of carboxylic acids is 1. The normalized spacial score (nSPS) is 10.9. The van der Waals surface area contributed by atoms with Crippen LogP contribution in [0, 0.1) is 0 Å². The predicted octanol–water partition coefficient (Wildman–Crippen LogP) is 2.21. The van der Waals surface area contributed by atoms with Crippen molar-refractivity contribution in [1.82, 2.24) is 15.3 Å². The molecule has 0 amide bonds. The molecular weight excluding hydrogens is 270 g/mol. The van der Waals surface area contributed by atoms with E-state index in [0.29, 0.717) is 18.7 Å². The zero-order valence-electron chi connectivity index (χ0n) is 11.1. The van der Waals surface area contributed by atoms with Gasteiger partial charge in [-0.1, -0.05) is 6.07 Å². The highest BCUT2D eigenvalue weighted by Gasteiger charge is 2.10. The molecular formula is C15H13N3O3. The van der Waals surface area contributed by atoms with Crippen molar-refractivity contribution < 1.29 is 14.3 Å². The zero-order chi connectivity index (χ0) is 14.7. The van der Waals surface area contributed by atoms with Crippen molar-refractivity contribution in [3.63, 3.8) is 0 Å². The molecule has 0 atom stereocenters. The molecule has 2 aromatic heterocycles. The molecule has 3 aromatic rings. The summed E-state index contributed by atoms with van der Waals surface area (Å²) in [6.45, 7) is 1.31. The molecule has 3 rings (SSSR count). The van der Waals surface area contributed by atoms with Crippen molar-refractivity contribution in [3.05, 3.63) is 59.9 Å². The lowest BCUT2D eigenvalue weighted by Crippen LogP contribution is -2.13. The van der Waals surface area contributed by atoms with Gasteiger partial charge in [0.05, 0.1) is 5.69 Å². The van der Waals surface area contributed by atoms with E-state index in [4.69, 9.17) is 9.52 Å². The molecule has 0 aliphatic carbocycles. The van der Waals surface area contributed by atoms with Gasteiger partial charge in [0.1, 0.15) is 11.9 Å². The van der Waals surface area contributed by atoms with E-state index in [9.17, 15) is 4.79 Å². The molecule has 0 radical (unpaired) electrons. The van der Waals surface area contributed by atoms with Crippen molar-refractivity contribution in [3.8, 4) is 0 Å². The van der Waals surface area contributed by atoms with E-state index in [1.807, 2.05) is 18.2 Å². The number of hydrogen-bond donors (Lipinski definition) is 2. The minimum atomic E-state index is -1.06. The third kappa shape index (κ3) is 3.06. The van der Waals surface area contributed by atoms with Crippen LogP contribution in [0.25, 0.3) is 11.0 Å². The van der Waals surface area contributed by atoms with Crippen LogP contribution in [0.1, 0.15) is 21.8 Å². The summed E-state index contributed by atoms with van der Waals surface area (Å²) in [6.07, 6.45) is 3.22. The summed E-state index contributed by atoms with van der Waals surface area (Å²) in [4.78, 5) is 18.9. The highest BCUT2D eigenvalue weighted by Crippen LogP contribution is 2.20. The molecule has 106 valence electrons.